The maximum Gasteiger partial charge on any atom is 0.220 e. The van der Waals surface area contributed by atoms with E-state index >= 15 is 0 Å². The van der Waals surface area contributed by atoms with Gasteiger partial charge >= 0.3 is 0 Å². The van der Waals surface area contributed by atoms with E-state index in [-0.39, 0.29) is 5.91 Å². The average Bonchev–Trinajstić information content (AvgIpc) is 2.98. The van der Waals surface area contributed by atoms with Gasteiger partial charge in [-0.2, -0.15) is 0 Å². The first-order chi connectivity index (χ1) is 10.2. The Morgan fingerprint density at radius 3 is 3.05 bits per heavy atom. The molecule has 4 nitrogen and oxygen atoms in total. The third kappa shape index (κ3) is 5.32. The molecule has 2 rings (SSSR count). The molecule has 1 aromatic carbocycles. The minimum Gasteiger partial charge on any atom is -0.496 e. The van der Waals surface area contributed by atoms with Crippen molar-refractivity contribution >= 4 is 21.8 Å². The van der Waals surface area contributed by atoms with E-state index in [9.17, 15) is 4.79 Å². The lowest BCUT2D eigenvalue weighted by molar-refractivity contribution is -0.121. The zero-order valence-corrected chi connectivity index (χ0v) is 13.9. The van der Waals surface area contributed by atoms with Gasteiger partial charge in [0.25, 0.3) is 0 Å². The van der Waals surface area contributed by atoms with Gasteiger partial charge in [0.05, 0.1) is 17.7 Å². The predicted molar refractivity (Wildman–Crippen MR) is 85.6 cm³/mol. The highest BCUT2D eigenvalue weighted by molar-refractivity contribution is 9.10. The number of nitrogens with one attached hydrogen (secondary N) is 1. The second-order valence-corrected chi connectivity index (χ2v) is 6.10. The van der Waals surface area contributed by atoms with E-state index in [4.69, 9.17) is 9.47 Å². The van der Waals surface area contributed by atoms with Crippen LogP contribution >= 0.6 is 15.9 Å². The third-order valence-corrected chi connectivity index (χ3v) is 4.29. The van der Waals surface area contributed by atoms with Crippen molar-refractivity contribution in [2.24, 2.45) is 0 Å². The molecule has 1 atom stereocenters. The van der Waals surface area contributed by atoms with Crippen molar-refractivity contribution < 1.29 is 14.3 Å². The number of hydrogen-bond acceptors (Lipinski definition) is 3. The summed E-state index contributed by atoms with van der Waals surface area (Å²) in [6, 6.07) is 5.90. The van der Waals surface area contributed by atoms with Crippen molar-refractivity contribution in [1.29, 1.82) is 0 Å². The number of carbonyl (C=O) groups excluding carboxylic acids is 1. The lowest BCUT2D eigenvalue weighted by Crippen LogP contribution is -2.27. The largest absolute Gasteiger partial charge is 0.496 e. The Hall–Kier alpha value is -1.07. The van der Waals surface area contributed by atoms with Gasteiger partial charge in [-0.15, -0.1) is 0 Å². The van der Waals surface area contributed by atoms with Gasteiger partial charge in [0.15, 0.2) is 0 Å². The van der Waals surface area contributed by atoms with Gasteiger partial charge in [0.1, 0.15) is 5.75 Å². The molecule has 0 bridgehead atoms. The standard InChI is InChI=1S/C16H22BrNO3/c1-20-15-6-4-12(11-14(15)17)5-7-16(19)18-9-8-13-3-2-10-21-13/h4,6,11,13H,2-3,5,7-10H2,1H3,(H,18,19). The topological polar surface area (TPSA) is 47.6 Å². The van der Waals surface area contributed by atoms with Crippen LogP contribution in [0, 0.1) is 0 Å². The van der Waals surface area contributed by atoms with E-state index in [1.54, 1.807) is 7.11 Å². The normalized spacial score (nSPS) is 17.7. The molecular weight excluding hydrogens is 334 g/mol. The summed E-state index contributed by atoms with van der Waals surface area (Å²) in [6.07, 6.45) is 4.75. The lowest BCUT2D eigenvalue weighted by Gasteiger charge is -2.10. The van der Waals surface area contributed by atoms with Crippen molar-refractivity contribution in [3.8, 4) is 5.75 Å². The van der Waals surface area contributed by atoms with Crippen LogP contribution in [-0.4, -0.2) is 32.3 Å². The molecule has 1 aliphatic heterocycles. The Morgan fingerprint density at radius 2 is 2.38 bits per heavy atom. The lowest BCUT2D eigenvalue weighted by atomic mass is 10.1. The number of hydrogen-bond donors (Lipinski definition) is 1. The van der Waals surface area contributed by atoms with Crippen molar-refractivity contribution in [2.75, 3.05) is 20.3 Å². The zero-order valence-electron chi connectivity index (χ0n) is 12.4. The Bertz CT molecular complexity index is 473. The fraction of sp³-hybridized carbons (Fsp3) is 0.562. The van der Waals surface area contributed by atoms with Gasteiger partial charge in [-0.05, 0) is 59.3 Å². The van der Waals surface area contributed by atoms with E-state index in [0.29, 0.717) is 19.1 Å². The predicted octanol–water partition coefficient (Wildman–Crippen LogP) is 3.08. The first-order valence-corrected chi connectivity index (χ1v) is 8.19. The first-order valence-electron chi connectivity index (χ1n) is 7.40. The fourth-order valence-electron chi connectivity index (χ4n) is 2.46. The molecular formula is C16H22BrNO3. The maximum atomic E-state index is 11.8. The quantitative estimate of drug-likeness (QED) is 0.817. The second-order valence-electron chi connectivity index (χ2n) is 5.24. The minimum atomic E-state index is 0.0972. The van der Waals surface area contributed by atoms with E-state index in [2.05, 4.69) is 21.2 Å². The molecule has 1 fully saturated rings. The van der Waals surface area contributed by atoms with E-state index in [1.807, 2.05) is 18.2 Å². The minimum absolute atomic E-state index is 0.0972. The van der Waals surface area contributed by atoms with Crippen LogP contribution in [0.15, 0.2) is 22.7 Å². The van der Waals surface area contributed by atoms with Gasteiger partial charge in [0.2, 0.25) is 5.91 Å². The molecule has 1 amide bonds. The summed E-state index contributed by atoms with van der Waals surface area (Å²) < 4.78 is 11.6. The molecule has 0 aromatic heterocycles. The summed E-state index contributed by atoms with van der Waals surface area (Å²) in [6.45, 7) is 1.57. The number of halogens is 1. The molecule has 1 N–H and O–H groups in total. The van der Waals surface area contributed by atoms with Crippen LogP contribution in [0.3, 0.4) is 0 Å². The van der Waals surface area contributed by atoms with Crippen LogP contribution in [0.4, 0.5) is 0 Å². The van der Waals surface area contributed by atoms with Crippen molar-refractivity contribution in [1.82, 2.24) is 5.32 Å². The number of carbonyl (C=O) groups is 1. The van der Waals surface area contributed by atoms with Gasteiger partial charge in [-0.3, -0.25) is 4.79 Å². The van der Waals surface area contributed by atoms with Crippen LogP contribution in [0.2, 0.25) is 0 Å². The maximum absolute atomic E-state index is 11.8. The molecule has 116 valence electrons. The fourth-order valence-corrected chi connectivity index (χ4v) is 3.04. The highest BCUT2D eigenvalue weighted by Crippen LogP contribution is 2.25. The molecule has 5 heteroatoms. The number of rotatable bonds is 7. The highest BCUT2D eigenvalue weighted by atomic mass is 79.9. The zero-order chi connectivity index (χ0) is 15.1. The van der Waals surface area contributed by atoms with Crippen molar-refractivity contribution in [3.05, 3.63) is 28.2 Å². The molecule has 1 heterocycles. The molecule has 0 aliphatic carbocycles. The van der Waals surface area contributed by atoms with E-state index in [0.717, 1.165) is 48.1 Å². The molecule has 0 saturated carbocycles. The molecule has 1 unspecified atom stereocenters. The molecule has 1 aliphatic rings. The number of amides is 1. The molecule has 0 radical (unpaired) electrons. The van der Waals surface area contributed by atoms with Crippen LogP contribution < -0.4 is 10.1 Å². The molecule has 0 spiro atoms. The Morgan fingerprint density at radius 1 is 1.52 bits per heavy atom. The van der Waals surface area contributed by atoms with Crippen LogP contribution in [0.25, 0.3) is 0 Å². The van der Waals surface area contributed by atoms with Gasteiger partial charge in [-0.25, -0.2) is 0 Å². The van der Waals surface area contributed by atoms with Crippen LogP contribution in [0.1, 0.15) is 31.2 Å². The molecule has 21 heavy (non-hydrogen) atoms. The Balaban J connectivity index is 1.67. The number of benzene rings is 1. The van der Waals surface area contributed by atoms with Crippen LogP contribution in [-0.2, 0) is 16.0 Å². The van der Waals surface area contributed by atoms with Crippen molar-refractivity contribution in [2.45, 2.75) is 38.2 Å². The van der Waals surface area contributed by atoms with Gasteiger partial charge in [0, 0.05) is 19.6 Å². The highest BCUT2D eigenvalue weighted by Gasteiger charge is 2.15. The summed E-state index contributed by atoms with van der Waals surface area (Å²) in [7, 11) is 1.64. The SMILES string of the molecule is COc1ccc(CCC(=O)NCCC2CCCO2)cc1Br. The summed E-state index contributed by atoms with van der Waals surface area (Å²) >= 11 is 3.45. The summed E-state index contributed by atoms with van der Waals surface area (Å²) in [5.41, 5.74) is 1.12. The number of methoxy groups -OCH3 is 1. The molecule has 1 aromatic rings. The average molecular weight is 356 g/mol. The third-order valence-electron chi connectivity index (χ3n) is 3.67. The summed E-state index contributed by atoms with van der Waals surface area (Å²) in [4.78, 5) is 11.8. The number of aryl methyl sites for hydroxylation is 1. The summed E-state index contributed by atoms with van der Waals surface area (Å²) in [5.74, 6) is 0.903. The monoisotopic (exact) mass is 355 g/mol. The summed E-state index contributed by atoms with van der Waals surface area (Å²) in [5, 5.41) is 2.96. The first kappa shape index (κ1) is 16.3. The number of ether oxygens (including phenoxy) is 2. The van der Waals surface area contributed by atoms with Crippen molar-refractivity contribution in [3.63, 3.8) is 0 Å². The van der Waals surface area contributed by atoms with E-state index in [1.165, 1.54) is 0 Å². The van der Waals surface area contributed by atoms with Gasteiger partial charge in [-0.1, -0.05) is 6.07 Å². The second kappa shape index (κ2) is 8.39. The Kier molecular flexibility index (Phi) is 6.51. The van der Waals surface area contributed by atoms with Crippen LogP contribution in [0.5, 0.6) is 5.75 Å². The van der Waals surface area contributed by atoms with Gasteiger partial charge < -0.3 is 14.8 Å². The Labute approximate surface area is 134 Å². The smallest absolute Gasteiger partial charge is 0.220 e. The van der Waals surface area contributed by atoms with E-state index < -0.39 is 0 Å². The molecule has 1 saturated heterocycles.